The predicted octanol–water partition coefficient (Wildman–Crippen LogP) is -1.67. The maximum atomic E-state index is 11.1. The molecule has 1 atom stereocenters. The summed E-state index contributed by atoms with van der Waals surface area (Å²) >= 11 is 0. The highest BCUT2D eigenvalue weighted by atomic mass is 32.2. The molecule has 3 N–H and O–H groups in total. The first-order valence-corrected chi connectivity index (χ1v) is 6.61. The first kappa shape index (κ1) is 14.4. The van der Waals surface area contributed by atoms with Crippen molar-refractivity contribution >= 4 is 22.9 Å². The van der Waals surface area contributed by atoms with E-state index >= 15 is 0 Å². The highest BCUT2D eigenvalue weighted by Gasteiger charge is 2.19. The summed E-state index contributed by atoms with van der Waals surface area (Å²) in [5, 5.41) is 19.7. The number of amides is 1. The van der Waals surface area contributed by atoms with Crippen LogP contribution in [0.4, 0.5) is 0 Å². The quantitative estimate of drug-likeness (QED) is 0.479. The Kier molecular flexibility index (Phi) is 5.85. The molecular formula is C7H16BNO5S. The van der Waals surface area contributed by atoms with Crippen LogP contribution in [0.15, 0.2) is 0 Å². The Hall–Kier alpha value is -0.595. The lowest BCUT2D eigenvalue weighted by Crippen LogP contribution is -2.44. The monoisotopic (exact) mass is 237 g/mol. The maximum absolute atomic E-state index is 11.1. The SMILES string of the molecule is CC(NC(=O)CCCS(C)(=O)=O)B(O)O. The first-order chi connectivity index (χ1) is 6.72. The zero-order valence-corrected chi connectivity index (χ0v) is 9.62. The van der Waals surface area contributed by atoms with Gasteiger partial charge in [0.2, 0.25) is 5.91 Å². The van der Waals surface area contributed by atoms with E-state index in [1.165, 1.54) is 6.92 Å². The van der Waals surface area contributed by atoms with Gasteiger partial charge < -0.3 is 15.4 Å². The van der Waals surface area contributed by atoms with Crippen molar-refractivity contribution in [3.8, 4) is 0 Å². The van der Waals surface area contributed by atoms with Crippen LogP contribution in [0.3, 0.4) is 0 Å². The molecule has 0 aliphatic heterocycles. The summed E-state index contributed by atoms with van der Waals surface area (Å²) < 4.78 is 21.5. The molecule has 0 bridgehead atoms. The number of carbonyl (C=O) groups is 1. The van der Waals surface area contributed by atoms with Crippen LogP contribution in [-0.2, 0) is 14.6 Å². The minimum absolute atomic E-state index is 0.0452. The van der Waals surface area contributed by atoms with E-state index in [1.807, 2.05) is 0 Å². The van der Waals surface area contributed by atoms with Gasteiger partial charge in [-0.15, -0.1) is 0 Å². The molecular weight excluding hydrogens is 221 g/mol. The van der Waals surface area contributed by atoms with Gasteiger partial charge in [0.1, 0.15) is 9.84 Å². The second kappa shape index (κ2) is 6.09. The molecule has 0 rings (SSSR count). The molecule has 8 heteroatoms. The molecule has 0 saturated carbocycles. The van der Waals surface area contributed by atoms with Gasteiger partial charge in [-0.1, -0.05) is 0 Å². The van der Waals surface area contributed by atoms with Gasteiger partial charge in [0, 0.05) is 12.7 Å². The molecule has 0 fully saturated rings. The minimum Gasteiger partial charge on any atom is -0.426 e. The van der Waals surface area contributed by atoms with E-state index in [0.29, 0.717) is 0 Å². The molecule has 0 aromatic heterocycles. The van der Waals surface area contributed by atoms with Gasteiger partial charge in [-0.2, -0.15) is 0 Å². The fourth-order valence-corrected chi connectivity index (χ4v) is 1.56. The molecule has 15 heavy (non-hydrogen) atoms. The van der Waals surface area contributed by atoms with Crippen molar-refractivity contribution < 1.29 is 23.3 Å². The molecule has 0 heterocycles. The molecule has 0 aliphatic rings. The smallest absolute Gasteiger partial charge is 0.426 e. The van der Waals surface area contributed by atoms with Crippen molar-refractivity contribution in [2.45, 2.75) is 25.7 Å². The maximum Gasteiger partial charge on any atom is 0.475 e. The van der Waals surface area contributed by atoms with Crippen molar-refractivity contribution in [3.05, 3.63) is 0 Å². The van der Waals surface area contributed by atoms with Crippen LogP contribution in [0.2, 0.25) is 0 Å². The Labute approximate surface area is 89.7 Å². The van der Waals surface area contributed by atoms with Crippen molar-refractivity contribution in [1.82, 2.24) is 5.32 Å². The van der Waals surface area contributed by atoms with E-state index in [-0.39, 0.29) is 24.5 Å². The zero-order valence-electron chi connectivity index (χ0n) is 8.80. The zero-order chi connectivity index (χ0) is 12.1. The van der Waals surface area contributed by atoms with Gasteiger partial charge in [0.15, 0.2) is 0 Å². The van der Waals surface area contributed by atoms with Gasteiger partial charge >= 0.3 is 7.12 Å². The van der Waals surface area contributed by atoms with Gasteiger partial charge in [-0.3, -0.25) is 4.79 Å². The van der Waals surface area contributed by atoms with Crippen LogP contribution in [0.5, 0.6) is 0 Å². The summed E-state index contributed by atoms with van der Waals surface area (Å²) in [5.74, 6) is -1.19. The molecule has 0 spiro atoms. The molecule has 6 nitrogen and oxygen atoms in total. The lowest BCUT2D eigenvalue weighted by Gasteiger charge is -2.11. The lowest BCUT2D eigenvalue weighted by molar-refractivity contribution is -0.121. The topological polar surface area (TPSA) is 104 Å². The Bertz CT molecular complexity index is 303. The average molecular weight is 237 g/mol. The molecule has 88 valence electrons. The van der Waals surface area contributed by atoms with E-state index in [1.54, 1.807) is 0 Å². The molecule has 1 unspecified atom stereocenters. The van der Waals surface area contributed by atoms with E-state index in [2.05, 4.69) is 5.32 Å². The third kappa shape index (κ3) is 8.40. The lowest BCUT2D eigenvalue weighted by atomic mass is 9.81. The molecule has 0 aromatic carbocycles. The van der Waals surface area contributed by atoms with Crippen LogP contribution in [-0.4, -0.2) is 49.4 Å². The van der Waals surface area contributed by atoms with Gasteiger partial charge in [0.05, 0.1) is 11.7 Å². The second-order valence-electron chi connectivity index (χ2n) is 3.50. The van der Waals surface area contributed by atoms with Crippen molar-refractivity contribution in [1.29, 1.82) is 0 Å². The Morgan fingerprint density at radius 1 is 1.47 bits per heavy atom. The first-order valence-electron chi connectivity index (χ1n) is 4.55. The molecule has 0 saturated heterocycles. The molecule has 1 amide bonds. The van der Waals surface area contributed by atoms with E-state index in [0.717, 1.165) is 6.26 Å². The van der Waals surface area contributed by atoms with Crippen LogP contribution in [0.1, 0.15) is 19.8 Å². The van der Waals surface area contributed by atoms with Crippen molar-refractivity contribution in [2.75, 3.05) is 12.0 Å². The van der Waals surface area contributed by atoms with E-state index in [9.17, 15) is 13.2 Å². The predicted molar refractivity (Wildman–Crippen MR) is 56.7 cm³/mol. The highest BCUT2D eigenvalue weighted by molar-refractivity contribution is 7.90. The summed E-state index contributed by atoms with van der Waals surface area (Å²) in [7, 11) is -4.65. The van der Waals surface area contributed by atoms with E-state index < -0.39 is 22.9 Å². The van der Waals surface area contributed by atoms with Crippen molar-refractivity contribution in [2.24, 2.45) is 0 Å². The molecule has 0 aromatic rings. The Morgan fingerprint density at radius 2 is 2.00 bits per heavy atom. The number of hydrogen-bond acceptors (Lipinski definition) is 5. The highest BCUT2D eigenvalue weighted by Crippen LogP contribution is 1.95. The normalized spacial score (nSPS) is 13.3. The van der Waals surface area contributed by atoms with Crippen LogP contribution < -0.4 is 5.32 Å². The summed E-state index contributed by atoms with van der Waals surface area (Å²) in [6.45, 7) is 1.44. The fraction of sp³-hybridized carbons (Fsp3) is 0.857. The average Bonchev–Trinajstić information content (AvgIpc) is 2.01. The minimum atomic E-state index is -3.04. The summed E-state index contributed by atoms with van der Waals surface area (Å²) in [4.78, 5) is 11.1. The molecule has 0 aliphatic carbocycles. The van der Waals surface area contributed by atoms with Crippen molar-refractivity contribution in [3.63, 3.8) is 0 Å². The number of sulfone groups is 1. The van der Waals surface area contributed by atoms with Crippen LogP contribution in [0.25, 0.3) is 0 Å². The number of carbonyl (C=O) groups excluding carboxylic acids is 1. The summed E-state index contributed by atoms with van der Waals surface area (Å²) in [5.41, 5.74) is 0. The number of hydrogen-bond donors (Lipinski definition) is 3. The van der Waals surface area contributed by atoms with E-state index in [4.69, 9.17) is 10.0 Å². The van der Waals surface area contributed by atoms with Crippen LogP contribution >= 0.6 is 0 Å². The Morgan fingerprint density at radius 3 is 2.40 bits per heavy atom. The van der Waals surface area contributed by atoms with Crippen LogP contribution in [0, 0.1) is 0 Å². The third-order valence-corrected chi connectivity index (χ3v) is 2.79. The van der Waals surface area contributed by atoms with Gasteiger partial charge in [-0.05, 0) is 13.3 Å². The van der Waals surface area contributed by atoms with Gasteiger partial charge in [-0.25, -0.2) is 8.42 Å². The standard InChI is InChI=1S/C7H16BNO5S/c1-6(8(11)12)9-7(10)4-3-5-15(2,13)14/h6,11-12H,3-5H2,1-2H3,(H,9,10). The summed E-state index contributed by atoms with van der Waals surface area (Å²) in [6, 6.07) is 0. The summed E-state index contributed by atoms with van der Waals surface area (Å²) in [6.07, 6.45) is 1.40. The molecule has 0 radical (unpaired) electrons. The Balaban J connectivity index is 3.77. The van der Waals surface area contributed by atoms with Gasteiger partial charge in [0.25, 0.3) is 0 Å². The second-order valence-corrected chi connectivity index (χ2v) is 5.76. The fourth-order valence-electron chi connectivity index (χ4n) is 0.896. The largest absolute Gasteiger partial charge is 0.475 e. The number of rotatable bonds is 6. The third-order valence-electron chi connectivity index (χ3n) is 1.75. The number of nitrogens with one attached hydrogen (secondary N) is 1.